The van der Waals surface area contributed by atoms with Gasteiger partial charge in [0.2, 0.25) is 0 Å². The molecule has 0 saturated heterocycles. The Kier molecular flexibility index (Phi) is 7.89. The van der Waals surface area contributed by atoms with Gasteiger partial charge in [-0.25, -0.2) is 4.79 Å². The summed E-state index contributed by atoms with van der Waals surface area (Å²) in [6, 6.07) is 9.30. The number of benzene rings is 1. The van der Waals surface area contributed by atoms with E-state index in [0.29, 0.717) is 13.2 Å². The number of ether oxygens (including phenoxy) is 2. The number of alkyl carbamates (subject to hydrolysis) is 1. The summed E-state index contributed by atoms with van der Waals surface area (Å²) in [4.78, 5) is 22.7. The van der Waals surface area contributed by atoms with Gasteiger partial charge in [-0.2, -0.15) is 0 Å². The van der Waals surface area contributed by atoms with Crippen LogP contribution in [0.15, 0.2) is 30.3 Å². The van der Waals surface area contributed by atoms with Crippen LogP contribution in [-0.4, -0.2) is 37.8 Å². The van der Waals surface area contributed by atoms with E-state index in [1.165, 1.54) is 0 Å². The molecule has 0 aliphatic rings. The molecular formula is C15H22N2O4. The van der Waals surface area contributed by atoms with Gasteiger partial charge in [0.05, 0.1) is 13.2 Å². The molecule has 6 nitrogen and oxygen atoms in total. The normalized spacial score (nSPS) is 11.5. The number of nitrogens with one attached hydrogen (secondary N) is 2. The Hall–Kier alpha value is -2.08. The van der Waals surface area contributed by atoms with Crippen molar-refractivity contribution in [1.82, 2.24) is 10.6 Å². The van der Waals surface area contributed by atoms with Gasteiger partial charge in [0.1, 0.15) is 6.61 Å². The number of hydrogen-bond donors (Lipinski definition) is 2. The van der Waals surface area contributed by atoms with Gasteiger partial charge in [-0.3, -0.25) is 4.79 Å². The van der Waals surface area contributed by atoms with E-state index < -0.39 is 6.09 Å². The minimum absolute atomic E-state index is 0.124. The lowest BCUT2D eigenvalue weighted by Gasteiger charge is -2.14. The number of rotatable bonds is 8. The number of esters is 1. The van der Waals surface area contributed by atoms with Gasteiger partial charge in [0.15, 0.2) is 0 Å². The smallest absolute Gasteiger partial charge is 0.407 e. The van der Waals surface area contributed by atoms with Gasteiger partial charge >= 0.3 is 12.1 Å². The first kappa shape index (κ1) is 17.0. The number of hydrogen-bond acceptors (Lipinski definition) is 5. The van der Waals surface area contributed by atoms with Crippen LogP contribution < -0.4 is 10.6 Å². The molecule has 0 fully saturated rings. The minimum Gasteiger partial charge on any atom is -0.465 e. The zero-order valence-corrected chi connectivity index (χ0v) is 12.4. The van der Waals surface area contributed by atoms with Crippen LogP contribution in [0, 0.1) is 0 Å². The van der Waals surface area contributed by atoms with Crippen molar-refractivity contribution in [2.45, 2.75) is 26.5 Å². The molecule has 1 aromatic rings. The Balaban J connectivity index is 2.14. The molecule has 0 aliphatic carbocycles. The molecule has 0 spiro atoms. The van der Waals surface area contributed by atoms with Crippen molar-refractivity contribution in [3.05, 3.63) is 35.9 Å². The van der Waals surface area contributed by atoms with Crippen LogP contribution in [0.25, 0.3) is 0 Å². The summed E-state index contributed by atoms with van der Waals surface area (Å²) in [5, 5.41) is 5.58. The van der Waals surface area contributed by atoms with Gasteiger partial charge in [0.25, 0.3) is 0 Å². The molecule has 1 rings (SSSR count). The Morgan fingerprint density at radius 2 is 1.90 bits per heavy atom. The predicted octanol–water partition coefficient (Wildman–Crippen LogP) is 1.45. The van der Waals surface area contributed by atoms with E-state index in [-0.39, 0.29) is 25.2 Å². The third kappa shape index (κ3) is 7.94. The molecule has 21 heavy (non-hydrogen) atoms. The molecular weight excluding hydrogens is 272 g/mol. The molecule has 1 atom stereocenters. The van der Waals surface area contributed by atoms with Crippen molar-refractivity contribution >= 4 is 12.1 Å². The first-order chi connectivity index (χ1) is 10.1. The maximum absolute atomic E-state index is 11.6. The largest absolute Gasteiger partial charge is 0.465 e. The first-order valence-electron chi connectivity index (χ1n) is 6.95. The summed E-state index contributed by atoms with van der Waals surface area (Å²) in [5.41, 5.74) is 0.931. The molecule has 0 aromatic heterocycles. The molecule has 2 N–H and O–H groups in total. The first-order valence-corrected chi connectivity index (χ1v) is 6.95. The Morgan fingerprint density at radius 1 is 1.19 bits per heavy atom. The monoisotopic (exact) mass is 294 g/mol. The summed E-state index contributed by atoms with van der Waals surface area (Å²) in [6.07, 6.45) is -0.482. The zero-order chi connectivity index (χ0) is 15.5. The average Bonchev–Trinajstić information content (AvgIpc) is 2.46. The Labute approximate surface area is 124 Å². The highest BCUT2D eigenvalue weighted by molar-refractivity contribution is 5.71. The summed E-state index contributed by atoms with van der Waals surface area (Å²) in [7, 11) is 0. The standard InChI is InChI=1S/C15H22N2O4/c1-3-20-14(18)10-16-9-12(2)17-15(19)21-11-13-7-5-4-6-8-13/h4-8,12,16H,3,9-11H2,1-2H3,(H,17,19). The maximum atomic E-state index is 11.6. The van der Waals surface area contributed by atoms with Crippen molar-refractivity contribution in [3.63, 3.8) is 0 Å². The molecule has 116 valence electrons. The van der Waals surface area contributed by atoms with Crippen LogP contribution in [0.5, 0.6) is 0 Å². The highest BCUT2D eigenvalue weighted by Crippen LogP contribution is 2.00. The number of carbonyl (C=O) groups excluding carboxylic acids is 2. The van der Waals surface area contributed by atoms with Gasteiger partial charge in [-0.05, 0) is 19.4 Å². The summed E-state index contributed by atoms with van der Waals surface area (Å²) in [5.74, 6) is -0.309. The van der Waals surface area contributed by atoms with Gasteiger partial charge in [0, 0.05) is 12.6 Å². The van der Waals surface area contributed by atoms with Crippen LogP contribution in [-0.2, 0) is 20.9 Å². The van der Waals surface area contributed by atoms with Crippen LogP contribution in [0.1, 0.15) is 19.4 Å². The third-order valence-corrected chi connectivity index (χ3v) is 2.60. The van der Waals surface area contributed by atoms with E-state index in [1.54, 1.807) is 6.92 Å². The Bertz CT molecular complexity index is 437. The summed E-state index contributed by atoms with van der Waals surface area (Å²) < 4.78 is 9.87. The molecule has 1 unspecified atom stereocenters. The third-order valence-electron chi connectivity index (χ3n) is 2.60. The molecule has 0 saturated carbocycles. The number of amides is 1. The van der Waals surface area contributed by atoms with Crippen molar-refractivity contribution in [1.29, 1.82) is 0 Å². The van der Waals surface area contributed by atoms with Crippen molar-refractivity contribution in [2.24, 2.45) is 0 Å². The topological polar surface area (TPSA) is 76.7 Å². The fraction of sp³-hybridized carbons (Fsp3) is 0.467. The van der Waals surface area contributed by atoms with E-state index >= 15 is 0 Å². The van der Waals surface area contributed by atoms with E-state index in [4.69, 9.17) is 9.47 Å². The quantitative estimate of drug-likeness (QED) is 0.710. The van der Waals surface area contributed by atoms with E-state index in [9.17, 15) is 9.59 Å². The lowest BCUT2D eigenvalue weighted by molar-refractivity contribution is -0.141. The predicted molar refractivity (Wildman–Crippen MR) is 78.7 cm³/mol. The fourth-order valence-electron chi connectivity index (χ4n) is 1.62. The maximum Gasteiger partial charge on any atom is 0.407 e. The van der Waals surface area contributed by atoms with Crippen LogP contribution >= 0.6 is 0 Å². The highest BCUT2D eigenvalue weighted by atomic mass is 16.5. The fourth-order valence-corrected chi connectivity index (χ4v) is 1.62. The van der Waals surface area contributed by atoms with Gasteiger partial charge in [-0.15, -0.1) is 0 Å². The Morgan fingerprint density at radius 3 is 2.57 bits per heavy atom. The lowest BCUT2D eigenvalue weighted by atomic mass is 10.2. The SMILES string of the molecule is CCOC(=O)CNCC(C)NC(=O)OCc1ccccc1. The minimum atomic E-state index is -0.482. The van der Waals surface area contributed by atoms with E-state index in [2.05, 4.69) is 10.6 Å². The molecule has 1 amide bonds. The van der Waals surface area contributed by atoms with Crippen molar-refractivity contribution < 1.29 is 19.1 Å². The average molecular weight is 294 g/mol. The second-order valence-electron chi connectivity index (χ2n) is 4.54. The second kappa shape index (κ2) is 9.77. The number of carbonyl (C=O) groups is 2. The summed E-state index contributed by atoms with van der Waals surface area (Å²) in [6.45, 7) is 4.75. The lowest BCUT2D eigenvalue weighted by Crippen LogP contribution is -2.41. The van der Waals surface area contributed by atoms with Crippen LogP contribution in [0.2, 0.25) is 0 Å². The molecule has 0 heterocycles. The molecule has 6 heteroatoms. The molecule has 0 aliphatic heterocycles. The van der Waals surface area contributed by atoms with Crippen LogP contribution in [0.3, 0.4) is 0 Å². The summed E-state index contributed by atoms with van der Waals surface area (Å²) >= 11 is 0. The zero-order valence-electron chi connectivity index (χ0n) is 12.4. The second-order valence-corrected chi connectivity index (χ2v) is 4.54. The van der Waals surface area contributed by atoms with E-state index in [0.717, 1.165) is 5.56 Å². The van der Waals surface area contributed by atoms with Crippen LogP contribution in [0.4, 0.5) is 4.79 Å². The highest BCUT2D eigenvalue weighted by Gasteiger charge is 2.09. The van der Waals surface area contributed by atoms with Gasteiger partial charge in [-0.1, -0.05) is 30.3 Å². The van der Waals surface area contributed by atoms with Crippen molar-refractivity contribution in [3.8, 4) is 0 Å². The molecule has 0 bridgehead atoms. The molecule has 1 aromatic carbocycles. The van der Waals surface area contributed by atoms with Gasteiger partial charge < -0.3 is 20.1 Å². The van der Waals surface area contributed by atoms with Crippen molar-refractivity contribution in [2.75, 3.05) is 19.7 Å². The molecule has 0 radical (unpaired) electrons. The van der Waals surface area contributed by atoms with E-state index in [1.807, 2.05) is 37.3 Å².